The highest BCUT2D eigenvalue weighted by Crippen LogP contribution is 2.13. The van der Waals surface area contributed by atoms with Crippen molar-refractivity contribution >= 4 is 12.0 Å². The maximum absolute atomic E-state index is 11.5. The number of carboxylic acid groups (broad SMARTS) is 1. The average Bonchev–Trinajstić information content (AvgIpc) is 2.00. The summed E-state index contributed by atoms with van der Waals surface area (Å²) in [5.74, 6) is -1.03. The predicted octanol–water partition coefficient (Wildman–Crippen LogP) is 1.15. The van der Waals surface area contributed by atoms with Gasteiger partial charge in [-0.1, -0.05) is 20.8 Å². The molecule has 0 aromatic rings. The molecule has 0 heterocycles. The lowest BCUT2D eigenvalue weighted by Crippen LogP contribution is -2.47. The first-order valence-electron chi connectivity index (χ1n) is 4.88. The molecular formula is C10H20N2O3. The van der Waals surface area contributed by atoms with Crippen LogP contribution in [0, 0.1) is 5.41 Å². The van der Waals surface area contributed by atoms with Crippen LogP contribution in [-0.2, 0) is 4.79 Å². The van der Waals surface area contributed by atoms with Gasteiger partial charge in [-0.3, -0.25) is 4.79 Å². The van der Waals surface area contributed by atoms with E-state index in [1.54, 1.807) is 7.05 Å². The number of nitrogens with zero attached hydrogens (tertiary/aromatic N) is 1. The predicted molar refractivity (Wildman–Crippen MR) is 57.7 cm³/mol. The highest BCUT2D eigenvalue weighted by Gasteiger charge is 2.20. The van der Waals surface area contributed by atoms with Gasteiger partial charge in [0, 0.05) is 13.6 Å². The van der Waals surface area contributed by atoms with Crippen molar-refractivity contribution < 1.29 is 14.7 Å². The number of nitrogens with one attached hydrogen (secondary N) is 1. The molecular weight excluding hydrogens is 196 g/mol. The van der Waals surface area contributed by atoms with Crippen molar-refractivity contribution in [2.45, 2.75) is 33.7 Å². The number of amides is 2. The van der Waals surface area contributed by atoms with Gasteiger partial charge < -0.3 is 15.3 Å². The quantitative estimate of drug-likeness (QED) is 0.743. The maximum atomic E-state index is 11.5. The summed E-state index contributed by atoms with van der Waals surface area (Å²) in [5, 5.41) is 11.0. The van der Waals surface area contributed by atoms with Crippen molar-refractivity contribution in [1.29, 1.82) is 0 Å². The lowest BCUT2D eigenvalue weighted by atomic mass is 9.96. The molecule has 5 heteroatoms. The fraction of sp³-hybridized carbons (Fsp3) is 0.800. The van der Waals surface area contributed by atoms with Gasteiger partial charge in [-0.05, 0) is 12.3 Å². The second kappa shape index (κ2) is 5.00. The van der Waals surface area contributed by atoms with E-state index < -0.39 is 12.0 Å². The molecule has 2 amide bonds. The largest absolute Gasteiger partial charge is 0.480 e. The van der Waals surface area contributed by atoms with E-state index >= 15 is 0 Å². The fourth-order valence-corrected chi connectivity index (χ4v) is 1.14. The Hall–Kier alpha value is -1.26. The summed E-state index contributed by atoms with van der Waals surface area (Å²) >= 11 is 0. The van der Waals surface area contributed by atoms with E-state index in [2.05, 4.69) is 5.32 Å². The number of hydrogen-bond donors (Lipinski definition) is 2. The molecule has 5 nitrogen and oxygen atoms in total. The van der Waals surface area contributed by atoms with Crippen molar-refractivity contribution in [3.05, 3.63) is 0 Å². The van der Waals surface area contributed by atoms with Crippen LogP contribution < -0.4 is 5.32 Å². The van der Waals surface area contributed by atoms with Crippen LogP contribution >= 0.6 is 0 Å². The summed E-state index contributed by atoms with van der Waals surface area (Å²) in [6, 6.07) is -1.22. The Morgan fingerprint density at radius 3 is 2.20 bits per heavy atom. The van der Waals surface area contributed by atoms with Gasteiger partial charge in [-0.25, -0.2) is 4.79 Å². The number of carbonyl (C=O) groups excluding carboxylic acids is 1. The smallest absolute Gasteiger partial charge is 0.325 e. The standard InChI is InChI=1S/C10H20N2O3/c1-7(8(13)14)11-9(15)12(5)6-10(2,3)4/h7H,6H2,1-5H3,(H,11,15)(H,13,14)/t7-/m0/s1. The number of urea groups is 1. The lowest BCUT2D eigenvalue weighted by Gasteiger charge is -2.27. The van der Waals surface area contributed by atoms with Crippen LogP contribution in [0.2, 0.25) is 0 Å². The third-order valence-corrected chi connectivity index (χ3v) is 1.77. The molecule has 0 aliphatic carbocycles. The third kappa shape index (κ3) is 5.93. The van der Waals surface area contributed by atoms with E-state index in [9.17, 15) is 9.59 Å². The van der Waals surface area contributed by atoms with Gasteiger partial charge in [0.05, 0.1) is 0 Å². The molecule has 0 rings (SSSR count). The third-order valence-electron chi connectivity index (χ3n) is 1.77. The van der Waals surface area contributed by atoms with Crippen LogP contribution in [0.1, 0.15) is 27.7 Å². The molecule has 0 aliphatic heterocycles. The topological polar surface area (TPSA) is 69.6 Å². The van der Waals surface area contributed by atoms with Crippen molar-refractivity contribution in [2.75, 3.05) is 13.6 Å². The molecule has 2 N–H and O–H groups in total. The molecule has 15 heavy (non-hydrogen) atoms. The Bertz CT molecular complexity index is 246. The molecule has 1 atom stereocenters. The first-order chi connectivity index (χ1) is 6.63. The van der Waals surface area contributed by atoms with Crippen molar-refractivity contribution in [3.63, 3.8) is 0 Å². The molecule has 0 bridgehead atoms. The number of rotatable bonds is 3. The van der Waals surface area contributed by atoms with E-state index in [0.29, 0.717) is 6.54 Å². The molecule has 0 radical (unpaired) electrons. The van der Waals surface area contributed by atoms with E-state index in [1.807, 2.05) is 20.8 Å². The zero-order valence-electron chi connectivity index (χ0n) is 10.00. The molecule has 0 fully saturated rings. The van der Waals surface area contributed by atoms with Crippen molar-refractivity contribution in [2.24, 2.45) is 5.41 Å². The number of hydrogen-bond acceptors (Lipinski definition) is 2. The number of aliphatic carboxylic acids is 1. The van der Waals surface area contributed by atoms with Crippen LogP contribution in [0.4, 0.5) is 4.79 Å². The van der Waals surface area contributed by atoms with Crippen molar-refractivity contribution in [3.8, 4) is 0 Å². The molecule has 88 valence electrons. The van der Waals surface area contributed by atoms with Crippen LogP contribution in [-0.4, -0.2) is 41.6 Å². The van der Waals surface area contributed by atoms with Crippen LogP contribution in [0.15, 0.2) is 0 Å². The molecule has 0 aliphatic rings. The Morgan fingerprint density at radius 2 is 1.87 bits per heavy atom. The SMILES string of the molecule is C[C@H](NC(=O)N(C)CC(C)(C)C)C(=O)O. The van der Waals surface area contributed by atoms with Gasteiger partial charge >= 0.3 is 12.0 Å². The zero-order valence-corrected chi connectivity index (χ0v) is 10.00. The molecule has 0 saturated carbocycles. The summed E-state index contributed by atoms with van der Waals surface area (Å²) < 4.78 is 0. The number of carbonyl (C=O) groups is 2. The van der Waals surface area contributed by atoms with Crippen molar-refractivity contribution in [1.82, 2.24) is 10.2 Å². The monoisotopic (exact) mass is 216 g/mol. The minimum Gasteiger partial charge on any atom is -0.480 e. The zero-order chi connectivity index (χ0) is 12.2. The highest BCUT2D eigenvalue weighted by atomic mass is 16.4. The molecule has 0 unspecified atom stereocenters. The second-order valence-electron chi connectivity index (χ2n) is 4.93. The summed E-state index contributed by atoms with van der Waals surface area (Å²) in [4.78, 5) is 23.5. The Kier molecular flexibility index (Phi) is 4.58. The average molecular weight is 216 g/mol. The minimum atomic E-state index is -1.03. The summed E-state index contributed by atoms with van der Waals surface area (Å²) in [6.07, 6.45) is 0. The number of carboxylic acids is 1. The second-order valence-corrected chi connectivity index (χ2v) is 4.93. The molecule has 0 aromatic heterocycles. The minimum absolute atomic E-state index is 0.00144. The first-order valence-corrected chi connectivity index (χ1v) is 4.88. The summed E-state index contributed by atoms with van der Waals surface area (Å²) in [6.45, 7) is 8.04. The van der Waals surface area contributed by atoms with E-state index in [1.165, 1.54) is 11.8 Å². The molecule has 0 saturated heterocycles. The van der Waals surface area contributed by atoms with E-state index in [0.717, 1.165) is 0 Å². The van der Waals surface area contributed by atoms with Gasteiger partial charge in [0.1, 0.15) is 6.04 Å². The van der Waals surface area contributed by atoms with Gasteiger partial charge in [0.2, 0.25) is 0 Å². The lowest BCUT2D eigenvalue weighted by molar-refractivity contribution is -0.138. The van der Waals surface area contributed by atoms with Gasteiger partial charge in [-0.15, -0.1) is 0 Å². The molecule has 0 spiro atoms. The Labute approximate surface area is 90.5 Å². The van der Waals surface area contributed by atoms with Gasteiger partial charge in [0.15, 0.2) is 0 Å². The van der Waals surface area contributed by atoms with Gasteiger partial charge in [0.25, 0.3) is 0 Å². The first kappa shape index (κ1) is 13.7. The van der Waals surface area contributed by atoms with Crippen LogP contribution in [0.5, 0.6) is 0 Å². The maximum Gasteiger partial charge on any atom is 0.325 e. The van der Waals surface area contributed by atoms with E-state index in [4.69, 9.17) is 5.11 Å². The van der Waals surface area contributed by atoms with E-state index in [-0.39, 0.29) is 11.4 Å². The fourth-order valence-electron chi connectivity index (χ4n) is 1.14. The van der Waals surface area contributed by atoms with Crippen LogP contribution in [0.25, 0.3) is 0 Å². The van der Waals surface area contributed by atoms with Gasteiger partial charge in [-0.2, -0.15) is 0 Å². The summed E-state index contributed by atoms with van der Waals surface area (Å²) in [7, 11) is 1.65. The normalized spacial score (nSPS) is 13.1. The molecule has 0 aromatic carbocycles. The Balaban J connectivity index is 4.17. The Morgan fingerprint density at radius 1 is 1.40 bits per heavy atom. The van der Waals surface area contributed by atoms with Crippen LogP contribution in [0.3, 0.4) is 0 Å². The summed E-state index contributed by atoms with van der Waals surface area (Å²) in [5.41, 5.74) is -0.00144. The highest BCUT2D eigenvalue weighted by molar-refractivity contribution is 5.82.